The normalized spacial score (nSPS) is 23.1. The summed E-state index contributed by atoms with van der Waals surface area (Å²) in [6.07, 6.45) is 1.09. The second kappa shape index (κ2) is 8.75. The molecule has 158 valence electrons. The van der Waals surface area contributed by atoms with Crippen molar-refractivity contribution in [3.8, 4) is 11.5 Å². The molecule has 2 amide bonds. The van der Waals surface area contributed by atoms with E-state index in [-0.39, 0.29) is 17.9 Å². The van der Waals surface area contributed by atoms with Crippen LogP contribution >= 0.6 is 0 Å². The maximum absolute atomic E-state index is 13.0. The van der Waals surface area contributed by atoms with Crippen molar-refractivity contribution in [2.24, 2.45) is 0 Å². The van der Waals surface area contributed by atoms with Gasteiger partial charge in [-0.25, -0.2) is 0 Å². The number of benzene rings is 2. The molecule has 2 aliphatic rings. The van der Waals surface area contributed by atoms with Crippen LogP contribution in [0.5, 0.6) is 11.5 Å². The van der Waals surface area contributed by atoms with Crippen molar-refractivity contribution in [2.45, 2.75) is 37.5 Å². The maximum Gasteiger partial charge on any atom is 0.246 e. The second-order valence-electron chi connectivity index (χ2n) is 7.78. The molecular formula is C23H27N3O4. The van der Waals surface area contributed by atoms with Crippen LogP contribution in [0.4, 0.5) is 0 Å². The third-order valence-corrected chi connectivity index (χ3v) is 5.83. The number of fused-ring (bicyclic) bond motifs is 1. The molecule has 2 aliphatic heterocycles. The van der Waals surface area contributed by atoms with Crippen LogP contribution in [0.1, 0.15) is 17.5 Å². The van der Waals surface area contributed by atoms with Gasteiger partial charge in [-0.05, 0) is 41.8 Å². The van der Waals surface area contributed by atoms with Gasteiger partial charge in [0, 0.05) is 25.6 Å². The minimum Gasteiger partial charge on any atom is -0.497 e. The Morgan fingerprint density at radius 1 is 1.03 bits per heavy atom. The highest BCUT2D eigenvalue weighted by Crippen LogP contribution is 2.25. The minimum absolute atomic E-state index is 0.0129. The minimum atomic E-state index is -0.528. The summed E-state index contributed by atoms with van der Waals surface area (Å²) in [7, 11) is 3.26. The monoisotopic (exact) mass is 409 g/mol. The number of nitrogens with one attached hydrogen (secondary N) is 2. The van der Waals surface area contributed by atoms with Gasteiger partial charge in [0.15, 0.2) is 0 Å². The Morgan fingerprint density at radius 3 is 2.53 bits per heavy atom. The van der Waals surface area contributed by atoms with Crippen LogP contribution in [0.3, 0.4) is 0 Å². The lowest BCUT2D eigenvalue weighted by Crippen LogP contribution is -2.61. The fourth-order valence-corrected chi connectivity index (χ4v) is 4.19. The average molecular weight is 409 g/mol. The van der Waals surface area contributed by atoms with Crippen molar-refractivity contribution < 1.29 is 19.1 Å². The number of rotatable bonds is 7. The number of nitrogens with zero attached hydrogens (tertiary/aromatic N) is 1. The third kappa shape index (κ3) is 4.26. The molecule has 0 aromatic heterocycles. The Kier molecular flexibility index (Phi) is 5.90. The lowest BCUT2D eigenvalue weighted by Gasteiger charge is -2.34. The molecule has 7 nitrogen and oxygen atoms in total. The maximum atomic E-state index is 13.0. The third-order valence-electron chi connectivity index (χ3n) is 5.83. The summed E-state index contributed by atoms with van der Waals surface area (Å²) in [4.78, 5) is 27.4. The lowest BCUT2D eigenvalue weighted by atomic mass is 10.0. The molecule has 0 saturated carbocycles. The van der Waals surface area contributed by atoms with Crippen LogP contribution in [-0.4, -0.2) is 55.6 Å². The van der Waals surface area contributed by atoms with E-state index in [0.29, 0.717) is 25.9 Å². The molecule has 2 saturated heterocycles. The number of carbonyl (C=O) groups excluding carboxylic acids is 2. The lowest BCUT2D eigenvalue weighted by molar-refractivity contribution is -0.147. The first-order valence-corrected chi connectivity index (χ1v) is 10.2. The zero-order chi connectivity index (χ0) is 21.1. The second-order valence-corrected chi connectivity index (χ2v) is 7.78. The number of hydrogen-bond acceptors (Lipinski definition) is 5. The summed E-state index contributed by atoms with van der Waals surface area (Å²) >= 11 is 0. The van der Waals surface area contributed by atoms with E-state index < -0.39 is 12.1 Å². The van der Waals surface area contributed by atoms with Crippen molar-refractivity contribution >= 4 is 11.8 Å². The Morgan fingerprint density at radius 2 is 1.80 bits per heavy atom. The summed E-state index contributed by atoms with van der Waals surface area (Å²) < 4.78 is 10.4. The highest BCUT2D eigenvalue weighted by Gasteiger charge is 2.46. The van der Waals surface area contributed by atoms with Gasteiger partial charge in [-0.15, -0.1) is 0 Å². The Balaban J connectivity index is 1.37. The van der Waals surface area contributed by atoms with Crippen LogP contribution in [0.2, 0.25) is 0 Å². The fraction of sp³-hybridized carbons (Fsp3) is 0.391. The largest absolute Gasteiger partial charge is 0.497 e. The predicted molar refractivity (Wildman–Crippen MR) is 112 cm³/mol. The van der Waals surface area contributed by atoms with Gasteiger partial charge >= 0.3 is 0 Å². The summed E-state index contributed by atoms with van der Waals surface area (Å²) in [5, 5.41) is 6.40. The van der Waals surface area contributed by atoms with E-state index >= 15 is 0 Å². The van der Waals surface area contributed by atoms with Crippen LogP contribution < -0.4 is 20.1 Å². The molecule has 2 aromatic rings. The van der Waals surface area contributed by atoms with Gasteiger partial charge < -0.3 is 25.0 Å². The van der Waals surface area contributed by atoms with Crippen molar-refractivity contribution in [1.29, 1.82) is 0 Å². The number of amides is 2. The van der Waals surface area contributed by atoms with Gasteiger partial charge in [0.1, 0.15) is 23.6 Å². The highest BCUT2D eigenvalue weighted by atomic mass is 16.5. The summed E-state index contributed by atoms with van der Waals surface area (Å²) in [6.45, 7) is 1.20. The standard InChI is InChI=1S/C23H27N3O4/c1-29-18-8-6-15(7-9-18)11-20-23(28)26-14-17(12-21(26)22(27)25-20)24-13-16-4-3-5-19(10-16)30-2/h3-10,17,20-21,24H,11-14H2,1-2H3,(H,25,27)/t17-,20-,21-/m0/s1. The van der Waals surface area contributed by atoms with Crippen LogP contribution in [0.15, 0.2) is 48.5 Å². The SMILES string of the molecule is COc1ccc(C[C@@H]2NC(=O)[C@@H]3C[C@H](NCc4cccc(OC)c4)CN3C2=O)cc1. The van der Waals surface area contributed by atoms with Crippen molar-refractivity contribution in [2.75, 3.05) is 20.8 Å². The average Bonchev–Trinajstić information content (AvgIpc) is 3.22. The number of methoxy groups -OCH3 is 2. The molecule has 3 atom stereocenters. The van der Waals surface area contributed by atoms with Gasteiger partial charge in [-0.3, -0.25) is 9.59 Å². The van der Waals surface area contributed by atoms with E-state index in [0.717, 1.165) is 22.6 Å². The zero-order valence-corrected chi connectivity index (χ0v) is 17.3. The van der Waals surface area contributed by atoms with Gasteiger partial charge in [0.05, 0.1) is 14.2 Å². The molecule has 0 unspecified atom stereocenters. The molecule has 2 heterocycles. The molecule has 0 radical (unpaired) electrons. The summed E-state index contributed by atoms with van der Waals surface area (Å²) in [5.41, 5.74) is 2.09. The topological polar surface area (TPSA) is 79.9 Å². The van der Waals surface area contributed by atoms with Crippen molar-refractivity contribution in [3.63, 3.8) is 0 Å². The number of carbonyl (C=O) groups is 2. The van der Waals surface area contributed by atoms with E-state index in [1.54, 1.807) is 19.1 Å². The molecule has 0 aliphatic carbocycles. The predicted octanol–water partition coefficient (Wildman–Crippen LogP) is 1.50. The zero-order valence-electron chi connectivity index (χ0n) is 17.3. The van der Waals surface area contributed by atoms with Crippen molar-refractivity contribution in [1.82, 2.24) is 15.5 Å². The molecule has 2 aromatic carbocycles. The summed E-state index contributed by atoms with van der Waals surface area (Å²) in [5.74, 6) is 1.50. The van der Waals surface area contributed by atoms with Crippen LogP contribution in [0.25, 0.3) is 0 Å². The molecule has 30 heavy (non-hydrogen) atoms. The van der Waals surface area contributed by atoms with Crippen molar-refractivity contribution in [3.05, 3.63) is 59.7 Å². The molecule has 0 bridgehead atoms. The van der Waals surface area contributed by atoms with E-state index in [1.165, 1.54) is 0 Å². The van der Waals surface area contributed by atoms with Crippen LogP contribution in [0, 0.1) is 0 Å². The van der Waals surface area contributed by atoms with E-state index in [4.69, 9.17) is 9.47 Å². The van der Waals surface area contributed by atoms with Crippen LogP contribution in [-0.2, 0) is 22.6 Å². The van der Waals surface area contributed by atoms with E-state index in [9.17, 15) is 9.59 Å². The first-order chi connectivity index (χ1) is 14.6. The number of piperazine rings is 1. The Bertz CT molecular complexity index is 915. The highest BCUT2D eigenvalue weighted by molar-refractivity contribution is 5.97. The van der Waals surface area contributed by atoms with E-state index in [1.807, 2.05) is 48.5 Å². The molecular weight excluding hydrogens is 382 g/mol. The number of ether oxygens (including phenoxy) is 2. The first-order valence-electron chi connectivity index (χ1n) is 10.2. The summed E-state index contributed by atoms with van der Waals surface area (Å²) in [6, 6.07) is 14.6. The molecule has 2 N–H and O–H groups in total. The smallest absolute Gasteiger partial charge is 0.246 e. The molecule has 7 heteroatoms. The number of hydrogen-bond donors (Lipinski definition) is 2. The van der Waals surface area contributed by atoms with Gasteiger partial charge in [-0.2, -0.15) is 0 Å². The fourth-order valence-electron chi connectivity index (χ4n) is 4.19. The quantitative estimate of drug-likeness (QED) is 0.725. The van der Waals surface area contributed by atoms with Gasteiger partial charge in [0.2, 0.25) is 11.8 Å². The first kappa shape index (κ1) is 20.2. The Labute approximate surface area is 176 Å². The molecule has 0 spiro atoms. The molecule has 2 fully saturated rings. The molecule has 4 rings (SSSR count). The van der Waals surface area contributed by atoms with Gasteiger partial charge in [0.25, 0.3) is 0 Å². The Hall–Kier alpha value is -3.06. The van der Waals surface area contributed by atoms with Gasteiger partial charge in [-0.1, -0.05) is 24.3 Å². The van der Waals surface area contributed by atoms with E-state index in [2.05, 4.69) is 10.6 Å².